The van der Waals surface area contributed by atoms with Crippen LogP contribution in [0.15, 0.2) is 48.8 Å². The standard InChI is InChI=1S/C20H14N4O3S/c25-24(26)14-7-1-2-8-15(14)27-19-17-13-6-3-9-16(13)28-20(17)23-18(22-19)12-5-4-10-21-11-12/h1-2,4-5,7-8,10-11H,3,6,9H2. The van der Waals surface area contributed by atoms with Gasteiger partial charge in [0.1, 0.15) is 4.83 Å². The molecule has 0 fully saturated rings. The molecule has 1 aliphatic rings. The number of ether oxygens (including phenoxy) is 1. The van der Waals surface area contributed by atoms with Crippen LogP contribution in [-0.4, -0.2) is 19.9 Å². The molecule has 0 radical (unpaired) electrons. The number of benzene rings is 1. The van der Waals surface area contributed by atoms with E-state index < -0.39 is 4.92 Å². The van der Waals surface area contributed by atoms with Crippen molar-refractivity contribution in [3.8, 4) is 23.0 Å². The largest absolute Gasteiger partial charge is 0.431 e. The van der Waals surface area contributed by atoms with Crippen LogP contribution in [0.5, 0.6) is 11.6 Å². The minimum atomic E-state index is -0.451. The predicted molar refractivity (Wildman–Crippen MR) is 106 cm³/mol. The Morgan fingerprint density at radius 2 is 2.00 bits per heavy atom. The Hall–Kier alpha value is -3.39. The SMILES string of the molecule is O=[N+]([O-])c1ccccc1Oc1nc(-c2cccnc2)nc2sc3c(c12)CCC3. The van der Waals surface area contributed by atoms with Crippen molar-refractivity contribution < 1.29 is 9.66 Å². The Kier molecular flexibility index (Phi) is 3.98. The van der Waals surface area contributed by atoms with Gasteiger partial charge >= 0.3 is 5.69 Å². The van der Waals surface area contributed by atoms with Crippen molar-refractivity contribution in [1.82, 2.24) is 15.0 Å². The molecule has 7 nitrogen and oxygen atoms in total. The summed E-state index contributed by atoms with van der Waals surface area (Å²) in [5, 5.41) is 12.3. The van der Waals surface area contributed by atoms with Gasteiger partial charge in [0.15, 0.2) is 5.82 Å². The van der Waals surface area contributed by atoms with E-state index in [2.05, 4.69) is 9.97 Å². The van der Waals surface area contributed by atoms with E-state index in [4.69, 9.17) is 9.72 Å². The van der Waals surface area contributed by atoms with Crippen LogP contribution in [-0.2, 0) is 12.8 Å². The van der Waals surface area contributed by atoms with Gasteiger partial charge < -0.3 is 4.74 Å². The van der Waals surface area contributed by atoms with E-state index in [1.165, 1.54) is 16.5 Å². The molecule has 1 aliphatic carbocycles. The summed E-state index contributed by atoms with van der Waals surface area (Å²) in [5.74, 6) is 1.02. The summed E-state index contributed by atoms with van der Waals surface area (Å²) in [6.07, 6.45) is 6.43. The van der Waals surface area contributed by atoms with E-state index >= 15 is 0 Å². The normalized spacial score (nSPS) is 12.9. The van der Waals surface area contributed by atoms with Crippen molar-refractivity contribution in [2.75, 3.05) is 0 Å². The maximum Gasteiger partial charge on any atom is 0.311 e. The van der Waals surface area contributed by atoms with E-state index in [1.807, 2.05) is 12.1 Å². The minimum Gasteiger partial charge on any atom is -0.431 e. The fourth-order valence-electron chi connectivity index (χ4n) is 3.46. The number of para-hydroxylation sites is 2. The quantitative estimate of drug-likeness (QED) is 0.362. The highest BCUT2D eigenvalue weighted by Gasteiger charge is 2.25. The van der Waals surface area contributed by atoms with Crippen LogP contribution < -0.4 is 4.74 Å². The molecule has 8 heteroatoms. The van der Waals surface area contributed by atoms with E-state index in [-0.39, 0.29) is 11.4 Å². The number of thiophene rings is 1. The van der Waals surface area contributed by atoms with Gasteiger partial charge in [-0.15, -0.1) is 11.3 Å². The average Bonchev–Trinajstić information content (AvgIpc) is 3.29. The number of aromatic nitrogens is 3. The molecular weight excluding hydrogens is 376 g/mol. The number of fused-ring (bicyclic) bond motifs is 3. The van der Waals surface area contributed by atoms with Gasteiger partial charge in [0, 0.05) is 28.9 Å². The fraction of sp³-hybridized carbons (Fsp3) is 0.150. The smallest absolute Gasteiger partial charge is 0.311 e. The molecule has 0 aliphatic heterocycles. The molecule has 0 saturated heterocycles. The van der Waals surface area contributed by atoms with E-state index in [0.717, 1.165) is 35.0 Å². The highest BCUT2D eigenvalue weighted by Crippen LogP contribution is 2.43. The number of pyridine rings is 1. The molecule has 5 rings (SSSR count). The molecule has 0 atom stereocenters. The number of aryl methyl sites for hydroxylation is 2. The van der Waals surface area contributed by atoms with Crippen LogP contribution in [0.1, 0.15) is 16.9 Å². The number of hydrogen-bond donors (Lipinski definition) is 0. The Labute approximate surface area is 163 Å². The number of nitrogens with zero attached hydrogens (tertiary/aromatic N) is 4. The second kappa shape index (κ2) is 6.65. The first-order valence-corrected chi connectivity index (χ1v) is 9.66. The number of rotatable bonds is 4. The first-order valence-electron chi connectivity index (χ1n) is 8.84. The molecule has 0 saturated carbocycles. The van der Waals surface area contributed by atoms with Gasteiger partial charge in [0.2, 0.25) is 11.6 Å². The van der Waals surface area contributed by atoms with Crippen LogP contribution in [0.25, 0.3) is 21.6 Å². The molecule has 0 amide bonds. The van der Waals surface area contributed by atoms with Gasteiger partial charge in [-0.25, -0.2) is 4.98 Å². The fourth-order valence-corrected chi connectivity index (χ4v) is 4.71. The zero-order chi connectivity index (χ0) is 19.1. The monoisotopic (exact) mass is 390 g/mol. The maximum absolute atomic E-state index is 11.4. The Morgan fingerprint density at radius 3 is 2.82 bits per heavy atom. The van der Waals surface area contributed by atoms with Gasteiger partial charge in [-0.2, -0.15) is 4.98 Å². The number of nitro groups is 1. The molecule has 0 bridgehead atoms. The lowest BCUT2D eigenvalue weighted by atomic mass is 10.2. The van der Waals surface area contributed by atoms with Gasteiger partial charge in [-0.3, -0.25) is 15.1 Å². The molecule has 138 valence electrons. The van der Waals surface area contributed by atoms with Gasteiger partial charge in [0.05, 0.1) is 10.3 Å². The molecule has 3 aromatic heterocycles. The summed E-state index contributed by atoms with van der Waals surface area (Å²) in [7, 11) is 0. The summed E-state index contributed by atoms with van der Waals surface area (Å²) in [6, 6.07) is 10.0. The van der Waals surface area contributed by atoms with Crippen LogP contribution in [0.2, 0.25) is 0 Å². The van der Waals surface area contributed by atoms with Crippen molar-refractivity contribution in [1.29, 1.82) is 0 Å². The molecule has 4 aromatic rings. The van der Waals surface area contributed by atoms with Crippen LogP contribution in [0, 0.1) is 10.1 Å². The molecule has 0 unspecified atom stereocenters. The maximum atomic E-state index is 11.4. The second-order valence-corrected chi connectivity index (χ2v) is 7.54. The number of hydrogen-bond acceptors (Lipinski definition) is 7. The topological polar surface area (TPSA) is 91.0 Å². The Balaban J connectivity index is 1.71. The zero-order valence-electron chi connectivity index (χ0n) is 14.7. The second-order valence-electron chi connectivity index (χ2n) is 6.46. The number of nitro benzene ring substituents is 1. The van der Waals surface area contributed by atoms with Crippen molar-refractivity contribution in [2.24, 2.45) is 0 Å². The van der Waals surface area contributed by atoms with Gasteiger partial charge in [-0.1, -0.05) is 12.1 Å². The summed E-state index contributed by atoms with van der Waals surface area (Å²) >= 11 is 1.65. The summed E-state index contributed by atoms with van der Waals surface area (Å²) in [5.41, 5.74) is 1.88. The molecule has 28 heavy (non-hydrogen) atoms. The first-order chi connectivity index (χ1) is 13.7. The lowest BCUT2D eigenvalue weighted by molar-refractivity contribution is -0.385. The van der Waals surface area contributed by atoms with E-state index in [1.54, 1.807) is 41.9 Å². The third-order valence-corrected chi connectivity index (χ3v) is 5.91. The Morgan fingerprint density at radius 1 is 1.11 bits per heavy atom. The molecule has 1 aromatic carbocycles. The molecule has 3 heterocycles. The van der Waals surface area contributed by atoms with Crippen molar-refractivity contribution in [2.45, 2.75) is 19.3 Å². The van der Waals surface area contributed by atoms with Crippen molar-refractivity contribution >= 4 is 27.2 Å². The third-order valence-electron chi connectivity index (χ3n) is 4.72. The zero-order valence-corrected chi connectivity index (χ0v) is 15.5. The van der Waals surface area contributed by atoms with Crippen LogP contribution in [0.3, 0.4) is 0 Å². The van der Waals surface area contributed by atoms with Crippen LogP contribution in [0.4, 0.5) is 5.69 Å². The van der Waals surface area contributed by atoms with Gasteiger partial charge in [0.25, 0.3) is 0 Å². The molecule has 0 N–H and O–H groups in total. The predicted octanol–water partition coefficient (Wildman–Crippen LogP) is 4.94. The van der Waals surface area contributed by atoms with Crippen LogP contribution >= 0.6 is 11.3 Å². The lowest BCUT2D eigenvalue weighted by Gasteiger charge is -2.09. The summed E-state index contributed by atoms with van der Waals surface area (Å²) in [4.78, 5) is 26.6. The highest BCUT2D eigenvalue weighted by molar-refractivity contribution is 7.19. The molecule has 0 spiro atoms. The van der Waals surface area contributed by atoms with Crippen molar-refractivity contribution in [3.05, 3.63) is 69.3 Å². The summed E-state index contributed by atoms with van der Waals surface area (Å²) < 4.78 is 6.02. The van der Waals surface area contributed by atoms with E-state index in [0.29, 0.717) is 11.7 Å². The Bertz CT molecular complexity index is 1210. The highest BCUT2D eigenvalue weighted by atomic mass is 32.1. The third kappa shape index (κ3) is 2.78. The average molecular weight is 390 g/mol. The lowest BCUT2D eigenvalue weighted by Crippen LogP contribution is -1.98. The minimum absolute atomic E-state index is 0.0935. The first kappa shape index (κ1) is 16.8. The van der Waals surface area contributed by atoms with E-state index in [9.17, 15) is 10.1 Å². The van der Waals surface area contributed by atoms with Crippen molar-refractivity contribution in [3.63, 3.8) is 0 Å². The van der Waals surface area contributed by atoms with Gasteiger partial charge in [-0.05, 0) is 43.0 Å². The molecular formula is C20H14N4O3S. The summed E-state index contributed by atoms with van der Waals surface area (Å²) in [6.45, 7) is 0.